The van der Waals surface area contributed by atoms with Gasteiger partial charge in [0.1, 0.15) is 0 Å². The number of hydrogen-bond acceptors (Lipinski definition) is 5. The van der Waals surface area contributed by atoms with Crippen molar-refractivity contribution in [3.05, 3.63) is 35.4 Å². The Balaban J connectivity index is 1.43. The zero-order valence-electron chi connectivity index (χ0n) is 14.4. The maximum Gasteiger partial charge on any atom is 0.225 e. The summed E-state index contributed by atoms with van der Waals surface area (Å²) in [5.74, 6) is 1.46. The normalized spacial score (nSPS) is 22.2. The smallest absolute Gasteiger partial charge is 0.225 e. The van der Waals surface area contributed by atoms with Gasteiger partial charge in [0.2, 0.25) is 5.95 Å². The lowest BCUT2D eigenvalue weighted by molar-refractivity contribution is 0.196. The number of aryl methyl sites for hydroxylation is 1. The molecule has 2 saturated heterocycles. The van der Waals surface area contributed by atoms with Crippen LogP contribution in [0.2, 0.25) is 0 Å². The molecule has 24 heavy (non-hydrogen) atoms. The van der Waals surface area contributed by atoms with Crippen molar-refractivity contribution in [2.75, 3.05) is 31.1 Å². The van der Waals surface area contributed by atoms with Gasteiger partial charge in [0.25, 0.3) is 0 Å². The third-order valence-electron chi connectivity index (χ3n) is 5.26. The Morgan fingerprint density at radius 1 is 1.21 bits per heavy atom. The predicted molar refractivity (Wildman–Crippen MR) is 94.1 cm³/mol. The molecule has 0 aromatic carbocycles. The van der Waals surface area contributed by atoms with E-state index in [-0.39, 0.29) is 0 Å². The molecule has 2 aromatic rings. The highest BCUT2D eigenvalue weighted by atomic mass is 15.3. The van der Waals surface area contributed by atoms with Crippen molar-refractivity contribution < 1.29 is 0 Å². The first kappa shape index (κ1) is 15.6. The molecule has 0 aliphatic carbocycles. The summed E-state index contributed by atoms with van der Waals surface area (Å²) in [6, 6.07) is 2.06. The van der Waals surface area contributed by atoms with Crippen molar-refractivity contribution in [1.29, 1.82) is 0 Å². The molecule has 2 aromatic heterocycles. The Morgan fingerprint density at radius 3 is 2.88 bits per heavy atom. The minimum Gasteiger partial charge on any atom is -0.341 e. The number of anilines is 1. The van der Waals surface area contributed by atoms with Crippen LogP contribution >= 0.6 is 0 Å². The van der Waals surface area contributed by atoms with Crippen molar-refractivity contribution in [2.45, 2.75) is 45.1 Å². The molecule has 6 heteroatoms. The summed E-state index contributed by atoms with van der Waals surface area (Å²) in [7, 11) is 0. The van der Waals surface area contributed by atoms with Crippen molar-refractivity contribution >= 4 is 5.95 Å². The molecule has 0 amide bonds. The molecular weight excluding hydrogens is 300 g/mol. The van der Waals surface area contributed by atoms with Crippen LogP contribution in [0.3, 0.4) is 0 Å². The van der Waals surface area contributed by atoms with E-state index in [4.69, 9.17) is 4.98 Å². The molecular formula is C18H26N6. The second-order valence-electron chi connectivity index (χ2n) is 7.08. The van der Waals surface area contributed by atoms with Gasteiger partial charge in [-0.25, -0.2) is 9.97 Å². The lowest BCUT2D eigenvalue weighted by atomic mass is 9.93. The molecule has 0 unspecified atom stereocenters. The Kier molecular flexibility index (Phi) is 4.47. The molecule has 0 radical (unpaired) electrons. The number of nitrogens with one attached hydrogen (secondary N) is 1. The monoisotopic (exact) mass is 326 g/mol. The Labute approximate surface area is 143 Å². The second-order valence-corrected chi connectivity index (χ2v) is 7.08. The number of H-pyrrole nitrogens is 1. The van der Waals surface area contributed by atoms with Gasteiger partial charge in [0.05, 0.1) is 11.9 Å². The molecule has 2 aliphatic rings. The third kappa shape index (κ3) is 3.29. The van der Waals surface area contributed by atoms with E-state index in [0.717, 1.165) is 44.4 Å². The summed E-state index contributed by atoms with van der Waals surface area (Å²) in [6.45, 7) is 7.46. The van der Waals surface area contributed by atoms with Crippen LogP contribution < -0.4 is 4.90 Å². The number of nitrogens with zero attached hydrogens (tertiary/aromatic N) is 5. The van der Waals surface area contributed by atoms with E-state index in [1.165, 1.54) is 36.9 Å². The molecule has 0 bridgehead atoms. The standard InChI is InChI=1S/C18H26N6/c1-14-11-20-22-17(14)15-5-4-8-23(12-15)13-16-6-7-19-18(21-16)24-9-2-3-10-24/h6-7,11,15H,2-5,8-10,12-13H2,1H3,(H,20,22)/t15-/m1/s1. The van der Waals surface area contributed by atoms with Gasteiger partial charge >= 0.3 is 0 Å². The van der Waals surface area contributed by atoms with Gasteiger partial charge in [-0.2, -0.15) is 5.10 Å². The van der Waals surface area contributed by atoms with Crippen LogP contribution in [0.25, 0.3) is 0 Å². The van der Waals surface area contributed by atoms with Crippen LogP contribution in [-0.4, -0.2) is 51.2 Å². The average Bonchev–Trinajstić information content (AvgIpc) is 3.27. The lowest BCUT2D eigenvalue weighted by Crippen LogP contribution is -2.34. The van der Waals surface area contributed by atoms with E-state index < -0.39 is 0 Å². The van der Waals surface area contributed by atoms with E-state index in [9.17, 15) is 0 Å². The Bertz CT molecular complexity index is 676. The van der Waals surface area contributed by atoms with Gasteiger partial charge in [0.15, 0.2) is 0 Å². The van der Waals surface area contributed by atoms with Gasteiger partial charge in [-0.1, -0.05) is 0 Å². The first-order valence-electron chi connectivity index (χ1n) is 9.08. The zero-order chi connectivity index (χ0) is 16.4. The Morgan fingerprint density at radius 2 is 2.08 bits per heavy atom. The largest absolute Gasteiger partial charge is 0.341 e. The van der Waals surface area contributed by atoms with Gasteiger partial charge in [-0.3, -0.25) is 10.00 Å². The minimum absolute atomic E-state index is 0.557. The predicted octanol–water partition coefficient (Wildman–Crippen LogP) is 2.49. The quantitative estimate of drug-likeness (QED) is 0.935. The van der Waals surface area contributed by atoms with Crippen molar-refractivity contribution in [1.82, 2.24) is 25.1 Å². The molecule has 2 aliphatic heterocycles. The highest BCUT2D eigenvalue weighted by molar-refractivity contribution is 5.31. The number of hydrogen-bond donors (Lipinski definition) is 1. The molecule has 0 spiro atoms. The van der Waals surface area contributed by atoms with Crippen LogP contribution in [0.1, 0.15) is 48.6 Å². The molecule has 6 nitrogen and oxygen atoms in total. The maximum atomic E-state index is 4.81. The zero-order valence-corrected chi connectivity index (χ0v) is 14.4. The number of piperidine rings is 1. The van der Waals surface area contributed by atoms with Crippen molar-refractivity contribution in [2.24, 2.45) is 0 Å². The SMILES string of the molecule is Cc1cn[nH]c1[C@@H]1CCCN(Cc2ccnc(N3CCCC3)n2)C1. The maximum absolute atomic E-state index is 4.81. The number of likely N-dealkylation sites (tertiary alicyclic amines) is 1. The van der Waals surface area contributed by atoms with E-state index in [2.05, 4.69) is 38.0 Å². The molecule has 1 atom stereocenters. The number of aromatic nitrogens is 4. The molecule has 128 valence electrons. The number of aromatic amines is 1. The van der Waals surface area contributed by atoms with Crippen LogP contribution in [-0.2, 0) is 6.54 Å². The topological polar surface area (TPSA) is 60.9 Å². The van der Waals surface area contributed by atoms with Gasteiger partial charge in [-0.05, 0) is 50.8 Å². The van der Waals surface area contributed by atoms with Gasteiger partial charge in [0, 0.05) is 44.0 Å². The summed E-state index contributed by atoms with van der Waals surface area (Å²) in [4.78, 5) is 14.1. The first-order chi connectivity index (χ1) is 11.8. The molecule has 4 rings (SSSR count). The average molecular weight is 326 g/mol. The summed E-state index contributed by atoms with van der Waals surface area (Å²) in [6.07, 6.45) is 8.82. The fraction of sp³-hybridized carbons (Fsp3) is 0.611. The molecule has 4 heterocycles. The van der Waals surface area contributed by atoms with Crippen molar-refractivity contribution in [3.63, 3.8) is 0 Å². The molecule has 0 saturated carbocycles. The van der Waals surface area contributed by atoms with E-state index in [1.807, 2.05) is 12.4 Å². The van der Waals surface area contributed by atoms with Crippen LogP contribution in [0.15, 0.2) is 18.5 Å². The van der Waals surface area contributed by atoms with E-state index in [1.54, 1.807) is 0 Å². The van der Waals surface area contributed by atoms with E-state index >= 15 is 0 Å². The first-order valence-corrected chi connectivity index (χ1v) is 9.08. The summed E-state index contributed by atoms with van der Waals surface area (Å²) < 4.78 is 0. The molecule has 2 fully saturated rings. The van der Waals surface area contributed by atoms with Gasteiger partial charge < -0.3 is 4.90 Å². The van der Waals surface area contributed by atoms with Crippen LogP contribution in [0.5, 0.6) is 0 Å². The van der Waals surface area contributed by atoms with Crippen LogP contribution in [0.4, 0.5) is 5.95 Å². The molecule has 1 N–H and O–H groups in total. The summed E-state index contributed by atoms with van der Waals surface area (Å²) in [5.41, 5.74) is 3.72. The van der Waals surface area contributed by atoms with Crippen molar-refractivity contribution in [3.8, 4) is 0 Å². The summed E-state index contributed by atoms with van der Waals surface area (Å²) >= 11 is 0. The highest BCUT2D eigenvalue weighted by Crippen LogP contribution is 2.28. The fourth-order valence-electron chi connectivity index (χ4n) is 3.98. The summed E-state index contributed by atoms with van der Waals surface area (Å²) in [5, 5.41) is 7.39. The third-order valence-corrected chi connectivity index (χ3v) is 5.26. The van der Waals surface area contributed by atoms with Gasteiger partial charge in [-0.15, -0.1) is 0 Å². The fourth-order valence-corrected chi connectivity index (χ4v) is 3.98. The van der Waals surface area contributed by atoms with E-state index in [0.29, 0.717) is 5.92 Å². The lowest BCUT2D eigenvalue weighted by Gasteiger charge is -2.32. The second kappa shape index (κ2) is 6.89. The number of rotatable bonds is 4. The van der Waals surface area contributed by atoms with Crippen LogP contribution in [0, 0.1) is 6.92 Å². The minimum atomic E-state index is 0.557. The highest BCUT2D eigenvalue weighted by Gasteiger charge is 2.24. The Hall–Kier alpha value is -1.95.